The Bertz CT molecular complexity index is 725. The molecule has 0 fully saturated rings. The van der Waals surface area contributed by atoms with E-state index >= 15 is 0 Å². The Morgan fingerprint density at radius 3 is 1.70 bits per heavy atom. The van der Waals surface area contributed by atoms with Crippen molar-refractivity contribution in [2.45, 2.75) is 20.8 Å². The van der Waals surface area contributed by atoms with Gasteiger partial charge in [-0.1, -0.05) is 35.4 Å². The molecular formula is C19H18O4. The normalized spacial score (nSPS) is 11.0. The van der Waals surface area contributed by atoms with E-state index in [1.54, 1.807) is 24.3 Å². The minimum absolute atomic E-state index is 0.169. The summed E-state index contributed by atoms with van der Waals surface area (Å²) in [6.07, 6.45) is 1.12. The summed E-state index contributed by atoms with van der Waals surface area (Å²) in [7, 11) is 0. The molecule has 0 saturated carbocycles. The highest BCUT2D eigenvalue weighted by atomic mass is 16.5. The first-order chi connectivity index (χ1) is 10.9. The topological polar surface area (TPSA) is 52.6 Å². The molecule has 0 aromatic heterocycles. The summed E-state index contributed by atoms with van der Waals surface area (Å²) in [6.45, 7) is 5.39. The number of hydrogen-bond donors (Lipinski definition) is 0. The fraction of sp³-hybridized carbons (Fsp3) is 0.158. The lowest BCUT2D eigenvalue weighted by Crippen LogP contribution is -2.13. The van der Waals surface area contributed by atoms with Gasteiger partial charge in [0.2, 0.25) is 0 Å². The summed E-state index contributed by atoms with van der Waals surface area (Å²) in [5, 5.41) is 0. The number of rotatable bonds is 4. The van der Waals surface area contributed by atoms with Crippen LogP contribution in [0, 0.1) is 13.8 Å². The van der Waals surface area contributed by atoms with E-state index in [1.165, 1.54) is 6.92 Å². The van der Waals surface area contributed by atoms with Gasteiger partial charge in [-0.05, 0) is 45.0 Å². The van der Waals surface area contributed by atoms with Crippen molar-refractivity contribution in [1.82, 2.24) is 0 Å². The third-order valence-corrected chi connectivity index (χ3v) is 3.13. The second-order valence-electron chi connectivity index (χ2n) is 5.26. The lowest BCUT2D eigenvalue weighted by atomic mass is 10.2. The van der Waals surface area contributed by atoms with Crippen molar-refractivity contribution in [3.8, 4) is 11.5 Å². The number of hydrogen-bond acceptors (Lipinski definition) is 4. The first kappa shape index (κ1) is 16.5. The Labute approximate surface area is 135 Å². The van der Waals surface area contributed by atoms with Gasteiger partial charge in [-0.3, -0.25) is 0 Å². The van der Waals surface area contributed by atoms with Crippen LogP contribution in [0.25, 0.3) is 0 Å². The van der Waals surface area contributed by atoms with Crippen LogP contribution in [0.15, 0.2) is 60.2 Å². The summed E-state index contributed by atoms with van der Waals surface area (Å²) >= 11 is 0. The van der Waals surface area contributed by atoms with Crippen molar-refractivity contribution in [1.29, 1.82) is 0 Å². The number of ether oxygens (including phenoxy) is 2. The van der Waals surface area contributed by atoms with Crippen molar-refractivity contribution >= 4 is 11.9 Å². The van der Waals surface area contributed by atoms with E-state index in [0.717, 1.165) is 17.2 Å². The highest BCUT2D eigenvalue weighted by molar-refractivity contribution is 5.97. The molecule has 0 atom stereocenters. The third kappa shape index (κ3) is 5.11. The average Bonchev–Trinajstić information content (AvgIpc) is 2.51. The van der Waals surface area contributed by atoms with Gasteiger partial charge in [-0.25, -0.2) is 9.59 Å². The summed E-state index contributed by atoms with van der Waals surface area (Å²) < 4.78 is 10.3. The van der Waals surface area contributed by atoms with Crippen LogP contribution >= 0.6 is 0 Å². The summed E-state index contributed by atoms with van der Waals surface area (Å²) in [4.78, 5) is 23.7. The maximum atomic E-state index is 11.9. The molecule has 2 aromatic carbocycles. The molecule has 0 unspecified atom stereocenters. The summed E-state index contributed by atoms with van der Waals surface area (Å²) in [6, 6.07) is 14.1. The molecule has 0 aliphatic carbocycles. The van der Waals surface area contributed by atoms with E-state index in [9.17, 15) is 9.59 Å². The van der Waals surface area contributed by atoms with E-state index in [4.69, 9.17) is 9.47 Å². The lowest BCUT2D eigenvalue weighted by Gasteiger charge is -2.05. The molecule has 2 rings (SSSR count). The maximum Gasteiger partial charge on any atom is 0.339 e. The molecule has 4 heteroatoms. The van der Waals surface area contributed by atoms with Crippen molar-refractivity contribution in [2.75, 3.05) is 0 Å². The Kier molecular flexibility index (Phi) is 5.31. The van der Waals surface area contributed by atoms with Crippen LogP contribution in [0.3, 0.4) is 0 Å². The molecule has 0 heterocycles. The Morgan fingerprint density at radius 1 is 0.783 bits per heavy atom. The minimum atomic E-state index is -0.618. The van der Waals surface area contributed by atoms with Gasteiger partial charge >= 0.3 is 11.9 Å². The molecule has 4 nitrogen and oxygen atoms in total. The molecule has 0 aliphatic heterocycles. The molecule has 23 heavy (non-hydrogen) atoms. The van der Waals surface area contributed by atoms with Crippen molar-refractivity contribution in [3.05, 3.63) is 71.3 Å². The SMILES string of the molecule is CC(=CC(=O)Oc1ccc(C)cc1)C(=O)Oc1ccc(C)cc1. The standard InChI is InChI=1S/C19H18O4/c1-13-4-8-16(9-5-13)22-18(20)12-15(3)19(21)23-17-10-6-14(2)7-11-17/h4-12H,1-3H3. The van der Waals surface area contributed by atoms with Crippen LogP contribution < -0.4 is 9.47 Å². The summed E-state index contributed by atoms with van der Waals surface area (Å²) in [5.74, 6) is -0.348. The Hall–Kier alpha value is -2.88. The van der Waals surface area contributed by atoms with Crippen LogP contribution in [0.5, 0.6) is 11.5 Å². The first-order valence-electron chi connectivity index (χ1n) is 7.19. The highest BCUT2D eigenvalue weighted by Gasteiger charge is 2.10. The highest BCUT2D eigenvalue weighted by Crippen LogP contribution is 2.14. The minimum Gasteiger partial charge on any atom is -0.423 e. The maximum absolute atomic E-state index is 11.9. The zero-order chi connectivity index (χ0) is 16.8. The van der Waals surface area contributed by atoms with Crippen LogP contribution in [0.1, 0.15) is 18.1 Å². The van der Waals surface area contributed by atoms with Crippen LogP contribution in [0.2, 0.25) is 0 Å². The predicted octanol–water partition coefficient (Wildman–Crippen LogP) is 3.76. The van der Waals surface area contributed by atoms with Crippen LogP contribution in [-0.2, 0) is 9.59 Å². The Morgan fingerprint density at radius 2 is 1.22 bits per heavy atom. The molecular weight excluding hydrogens is 292 g/mol. The van der Waals surface area contributed by atoms with Gasteiger partial charge in [-0.15, -0.1) is 0 Å². The van der Waals surface area contributed by atoms with E-state index in [1.807, 2.05) is 38.1 Å². The third-order valence-electron chi connectivity index (χ3n) is 3.13. The van der Waals surface area contributed by atoms with Crippen molar-refractivity contribution in [2.24, 2.45) is 0 Å². The lowest BCUT2D eigenvalue weighted by molar-refractivity contribution is -0.132. The first-order valence-corrected chi connectivity index (χ1v) is 7.19. The van der Waals surface area contributed by atoms with Crippen LogP contribution in [-0.4, -0.2) is 11.9 Å². The number of carbonyl (C=O) groups is 2. The molecule has 0 amide bonds. The zero-order valence-corrected chi connectivity index (χ0v) is 13.3. The van der Waals surface area contributed by atoms with Gasteiger partial charge in [-0.2, -0.15) is 0 Å². The fourth-order valence-corrected chi connectivity index (χ4v) is 1.78. The van der Waals surface area contributed by atoms with E-state index < -0.39 is 11.9 Å². The number of aryl methyl sites for hydroxylation is 2. The second kappa shape index (κ2) is 7.40. The van der Waals surface area contributed by atoms with Gasteiger partial charge in [0, 0.05) is 11.6 Å². The molecule has 0 bridgehead atoms. The smallest absolute Gasteiger partial charge is 0.339 e. The predicted molar refractivity (Wildman–Crippen MR) is 87.4 cm³/mol. The van der Waals surface area contributed by atoms with Crippen molar-refractivity contribution < 1.29 is 19.1 Å². The molecule has 0 radical (unpaired) electrons. The molecule has 0 N–H and O–H groups in total. The van der Waals surface area contributed by atoms with Gasteiger partial charge in [0.05, 0.1) is 0 Å². The number of benzene rings is 2. The van der Waals surface area contributed by atoms with E-state index in [0.29, 0.717) is 11.5 Å². The molecule has 0 aliphatic rings. The number of carbonyl (C=O) groups excluding carboxylic acids is 2. The molecule has 2 aromatic rings. The van der Waals surface area contributed by atoms with Crippen LogP contribution in [0.4, 0.5) is 0 Å². The Balaban J connectivity index is 1.97. The van der Waals surface area contributed by atoms with Gasteiger partial charge in [0.25, 0.3) is 0 Å². The van der Waals surface area contributed by atoms with Gasteiger partial charge in [0.1, 0.15) is 11.5 Å². The quantitative estimate of drug-likeness (QED) is 0.490. The molecule has 118 valence electrons. The van der Waals surface area contributed by atoms with Crippen molar-refractivity contribution in [3.63, 3.8) is 0 Å². The monoisotopic (exact) mass is 310 g/mol. The van der Waals surface area contributed by atoms with E-state index in [-0.39, 0.29) is 5.57 Å². The number of esters is 2. The molecule has 0 spiro atoms. The van der Waals surface area contributed by atoms with Gasteiger partial charge < -0.3 is 9.47 Å². The zero-order valence-electron chi connectivity index (χ0n) is 13.3. The van der Waals surface area contributed by atoms with Gasteiger partial charge in [0.15, 0.2) is 0 Å². The largest absolute Gasteiger partial charge is 0.423 e. The summed E-state index contributed by atoms with van der Waals surface area (Å²) in [5.41, 5.74) is 2.31. The van der Waals surface area contributed by atoms with E-state index in [2.05, 4.69) is 0 Å². The average molecular weight is 310 g/mol. The molecule has 0 saturated heterocycles. The second-order valence-corrected chi connectivity index (χ2v) is 5.26. The fourth-order valence-electron chi connectivity index (χ4n) is 1.78.